The number of aromatic nitrogens is 1. The molecule has 0 aromatic carbocycles. The minimum absolute atomic E-state index is 0.721. The first-order valence-corrected chi connectivity index (χ1v) is 3.43. The first-order valence-electron chi connectivity index (χ1n) is 2.63. The van der Waals surface area contributed by atoms with Gasteiger partial charge in [-0.05, 0) is 28.9 Å². The van der Waals surface area contributed by atoms with Gasteiger partial charge in [0, 0.05) is 5.56 Å². The molecule has 0 aliphatic heterocycles. The summed E-state index contributed by atoms with van der Waals surface area (Å²) in [5.41, 5.74) is 6.57. The first kappa shape index (κ1) is 6.55. The predicted molar refractivity (Wildman–Crippen MR) is 39.8 cm³/mol. The van der Waals surface area contributed by atoms with Crippen LogP contribution in [0.2, 0.25) is 0 Å². The van der Waals surface area contributed by atoms with E-state index in [1.54, 1.807) is 0 Å². The molecule has 0 fully saturated rings. The lowest BCUT2D eigenvalue weighted by Crippen LogP contribution is -2.10. The summed E-state index contributed by atoms with van der Waals surface area (Å²) in [5.74, 6) is 0.721. The van der Waals surface area contributed by atoms with Gasteiger partial charge in [0.1, 0.15) is 6.20 Å². The lowest BCUT2D eigenvalue weighted by molar-refractivity contribution is -0.361. The van der Waals surface area contributed by atoms with Gasteiger partial charge in [-0.1, -0.05) is 0 Å². The molecule has 1 rings (SSSR count). The zero-order valence-electron chi connectivity index (χ0n) is 5.11. The molecule has 0 saturated heterocycles. The third-order valence-electron chi connectivity index (χ3n) is 1.14. The second kappa shape index (κ2) is 2.35. The van der Waals surface area contributed by atoms with E-state index in [1.807, 2.05) is 19.2 Å². The molecule has 0 spiro atoms. The van der Waals surface area contributed by atoms with Crippen LogP contribution in [0.4, 0.5) is 5.82 Å². The topological polar surface area (TPSA) is 40.2 Å². The number of nitrogens with one attached hydrogen (secondary N) is 1. The molecule has 0 amide bonds. The Morgan fingerprint density at radius 1 is 1.67 bits per heavy atom. The highest BCUT2D eigenvalue weighted by atomic mass is 79.9. The number of aryl methyl sites for hydroxylation is 1. The van der Waals surface area contributed by atoms with Crippen LogP contribution in [0.3, 0.4) is 0 Å². The number of halogens is 1. The third-order valence-corrected chi connectivity index (χ3v) is 1.60. The standard InChI is InChI=1S/C6H7BrN2/c1-4-2-5(7)3-9-6(4)8/h2-3H,1H3,(H2,8,9)/p+1. The van der Waals surface area contributed by atoms with Crippen molar-refractivity contribution in [2.45, 2.75) is 6.92 Å². The maximum Gasteiger partial charge on any atom is 0.273 e. The molecule has 0 unspecified atom stereocenters. The molecule has 0 radical (unpaired) electrons. The zero-order chi connectivity index (χ0) is 6.85. The zero-order valence-corrected chi connectivity index (χ0v) is 6.70. The van der Waals surface area contributed by atoms with Crippen molar-refractivity contribution in [2.24, 2.45) is 0 Å². The lowest BCUT2D eigenvalue weighted by Gasteiger charge is -1.91. The molecule has 0 aliphatic carbocycles. The summed E-state index contributed by atoms with van der Waals surface area (Å²) in [4.78, 5) is 2.90. The van der Waals surface area contributed by atoms with E-state index >= 15 is 0 Å². The Morgan fingerprint density at radius 2 is 2.33 bits per heavy atom. The van der Waals surface area contributed by atoms with E-state index in [-0.39, 0.29) is 0 Å². The van der Waals surface area contributed by atoms with Crippen LogP contribution in [0.25, 0.3) is 0 Å². The van der Waals surface area contributed by atoms with E-state index in [9.17, 15) is 0 Å². The van der Waals surface area contributed by atoms with Crippen LogP contribution in [0.15, 0.2) is 16.7 Å². The summed E-state index contributed by atoms with van der Waals surface area (Å²) in [6.45, 7) is 1.95. The second-order valence-corrected chi connectivity index (χ2v) is 2.83. The third kappa shape index (κ3) is 1.42. The quantitative estimate of drug-likeness (QED) is 0.651. The molecule has 0 atom stereocenters. The van der Waals surface area contributed by atoms with Crippen molar-refractivity contribution in [1.82, 2.24) is 0 Å². The Labute approximate surface area is 62.2 Å². The maximum absolute atomic E-state index is 5.51. The second-order valence-electron chi connectivity index (χ2n) is 1.91. The summed E-state index contributed by atoms with van der Waals surface area (Å²) in [7, 11) is 0. The summed E-state index contributed by atoms with van der Waals surface area (Å²) in [5, 5.41) is 0. The summed E-state index contributed by atoms with van der Waals surface area (Å²) < 4.78 is 1.02. The van der Waals surface area contributed by atoms with Crippen molar-refractivity contribution in [2.75, 3.05) is 5.73 Å². The van der Waals surface area contributed by atoms with Gasteiger partial charge in [0.15, 0.2) is 0 Å². The van der Waals surface area contributed by atoms with Gasteiger partial charge < -0.3 is 0 Å². The smallest absolute Gasteiger partial charge is 0.273 e. The fourth-order valence-corrected chi connectivity index (χ4v) is 1.04. The predicted octanol–water partition coefficient (Wildman–Crippen LogP) is 1.15. The normalized spacial score (nSPS) is 9.56. The highest BCUT2D eigenvalue weighted by molar-refractivity contribution is 9.10. The van der Waals surface area contributed by atoms with Gasteiger partial charge in [-0.15, -0.1) is 0 Å². The van der Waals surface area contributed by atoms with E-state index in [0.29, 0.717) is 0 Å². The molecular formula is C6H8BrN2+. The van der Waals surface area contributed by atoms with Gasteiger partial charge in [-0.2, -0.15) is 0 Å². The molecule has 1 aromatic heterocycles. The van der Waals surface area contributed by atoms with E-state index in [0.717, 1.165) is 15.9 Å². The maximum atomic E-state index is 5.51. The van der Waals surface area contributed by atoms with Gasteiger partial charge >= 0.3 is 0 Å². The Hall–Kier alpha value is -0.570. The van der Waals surface area contributed by atoms with Crippen molar-refractivity contribution in [3.05, 3.63) is 22.3 Å². The fourth-order valence-electron chi connectivity index (χ4n) is 0.587. The van der Waals surface area contributed by atoms with Gasteiger partial charge in [0.25, 0.3) is 5.82 Å². The molecule has 3 N–H and O–H groups in total. The summed E-state index contributed by atoms with van der Waals surface area (Å²) in [6.07, 6.45) is 1.81. The number of nitrogen functional groups attached to an aromatic ring is 1. The number of hydrogen-bond donors (Lipinski definition) is 1. The number of rotatable bonds is 0. The monoisotopic (exact) mass is 187 g/mol. The van der Waals surface area contributed by atoms with Crippen molar-refractivity contribution < 1.29 is 4.98 Å². The van der Waals surface area contributed by atoms with E-state index in [2.05, 4.69) is 20.9 Å². The number of aromatic amines is 1. The minimum atomic E-state index is 0.721. The number of anilines is 1. The highest BCUT2D eigenvalue weighted by Gasteiger charge is 1.98. The SMILES string of the molecule is Cc1cc(Br)c[nH+]c1N. The van der Waals surface area contributed by atoms with Gasteiger partial charge in [-0.25, -0.2) is 4.98 Å². The average Bonchev–Trinajstić information content (AvgIpc) is 1.80. The Bertz CT molecular complexity index is 222. The number of nitrogens with two attached hydrogens (primary N) is 1. The number of hydrogen-bond acceptors (Lipinski definition) is 1. The fraction of sp³-hybridized carbons (Fsp3) is 0.167. The molecule has 2 nitrogen and oxygen atoms in total. The van der Waals surface area contributed by atoms with Gasteiger partial charge in [0.2, 0.25) is 0 Å². The van der Waals surface area contributed by atoms with Crippen LogP contribution < -0.4 is 10.7 Å². The van der Waals surface area contributed by atoms with Crippen LogP contribution in [-0.4, -0.2) is 0 Å². The van der Waals surface area contributed by atoms with Gasteiger partial charge in [-0.3, -0.25) is 5.73 Å². The molecule has 9 heavy (non-hydrogen) atoms. The van der Waals surface area contributed by atoms with Crippen molar-refractivity contribution in [3.8, 4) is 0 Å². The average molecular weight is 188 g/mol. The van der Waals surface area contributed by atoms with E-state index < -0.39 is 0 Å². The molecule has 3 heteroatoms. The molecule has 0 aliphatic rings. The van der Waals surface area contributed by atoms with E-state index in [1.165, 1.54) is 0 Å². The largest absolute Gasteiger partial charge is 0.287 e. The van der Waals surface area contributed by atoms with Crippen LogP contribution in [0, 0.1) is 6.92 Å². The number of H-pyrrole nitrogens is 1. The Morgan fingerprint density at radius 3 is 2.78 bits per heavy atom. The minimum Gasteiger partial charge on any atom is -0.287 e. The van der Waals surface area contributed by atoms with Crippen LogP contribution in [0.5, 0.6) is 0 Å². The summed E-state index contributed by atoms with van der Waals surface area (Å²) in [6, 6.07) is 1.96. The molecule has 1 aromatic rings. The van der Waals surface area contributed by atoms with Crippen LogP contribution >= 0.6 is 15.9 Å². The molecule has 48 valence electrons. The molecule has 0 saturated carbocycles. The van der Waals surface area contributed by atoms with Crippen LogP contribution in [0.1, 0.15) is 5.56 Å². The Kier molecular flexibility index (Phi) is 1.71. The molecular weight excluding hydrogens is 180 g/mol. The van der Waals surface area contributed by atoms with Crippen LogP contribution in [-0.2, 0) is 0 Å². The van der Waals surface area contributed by atoms with Gasteiger partial charge in [0.05, 0.1) is 4.47 Å². The molecule has 1 heterocycles. The van der Waals surface area contributed by atoms with Crippen molar-refractivity contribution in [1.29, 1.82) is 0 Å². The highest BCUT2D eigenvalue weighted by Crippen LogP contribution is 2.10. The van der Waals surface area contributed by atoms with Crippen molar-refractivity contribution in [3.63, 3.8) is 0 Å². The summed E-state index contributed by atoms with van der Waals surface area (Å²) >= 11 is 3.31. The lowest BCUT2D eigenvalue weighted by atomic mass is 10.3. The Balaban J connectivity index is 3.17. The van der Waals surface area contributed by atoms with Crippen molar-refractivity contribution >= 4 is 21.7 Å². The molecule has 0 bridgehead atoms. The first-order chi connectivity index (χ1) is 4.20. The number of pyridine rings is 1. The van der Waals surface area contributed by atoms with E-state index in [4.69, 9.17) is 5.73 Å².